The van der Waals surface area contributed by atoms with Gasteiger partial charge in [-0.25, -0.2) is 0 Å². The van der Waals surface area contributed by atoms with E-state index in [0.29, 0.717) is 0 Å². The molecule has 96 valence electrons. The molecule has 0 aliphatic rings. The van der Waals surface area contributed by atoms with E-state index in [1.807, 2.05) is 45.9 Å². The van der Waals surface area contributed by atoms with Crippen LogP contribution in [0.4, 0.5) is 0 Å². The maximum absolute atomic E-state index is 11.8. The van der Waals surface area contributed by atoms with Gasteiger partial charge in [0, 0.05) is 5.39 Å². The molecule has 1 aromatic carbocycles. The lowest BCUT2D eigenvalue weighted by molar-refractivity contribution is -0.153. The lowest BCUT2D eigenvalue weighted by Crippen LogP contribution is -2.25. The fourth-order valence-corrected chi connectivity index (χ4v) is 1.83. The van der Waals surface area contributed by atoms with Gasteiger partial charge in [0.15, 0.2) is 0 Å². The average molecular weight is 246 g/mol. The number of aromatic amines is 1. The maximum Gasteiger partial charge on any atom is 0.312 e. The van der Waals surface area contributed by atoms with Gasteiger partial charge in [0.2, 0.25) is 0 Å². The van der Waals surface area contributed by atoms with Crippen LogP contribution in [0.1, 0.15) is 32.0 Å². The number of carbonyl (C=O) groups is 1. The number of rotatable bonds is 2. The normalized spacial score (nSPS) is 11.8. The zero-order valence-electron chi connectivity index (χ0n) is 11.2. The Labute approximate surface area is 106 Å². The molecule has 0 bridgehead atoms. The van der Waals surface area contributed by atoms with Gasteiger partial charge in [-0.2, -0.15) is 5.10 Å². The third-order valence-electron chi connectivity index (χ3n) is 2.53. The van der Waals surface area contributed by atoms with E-state index in [2.05, 4.69) is 10.2 Å². The zero-order valence-corrected chi connectivity index (χ0v) is 11.2. The summed E-state index contributed by atoms with van der Waals surface area (Å²) in [5.74, 6) is -0.242. The highest BCUT2D eigenvalue weighted by Gasteiger charge is 2.18. The number of ether oxygens (including phenoxy) is 1. The number of aryl methyl sites for hydroxylation is 1. The van der Waals surface area contributed by atoms with Crippen molar-refractivity contribution in [3.63, 3.8) is 0 Å². The number of esters is 1. The minimum Gasteiger partial charge on any atom is -0.460 e. The molecule has 2 aromatic rings. The molecular formula is C14H18N2O2. The molecule has 1 aromatic heterocycles. The largest absolute Gasteiger partial charge is 0.460 e. The number of nitrogens with zero attached hydrogens (tertiary/aromatic N) is 1. The Kier molecular flexibility index (Phi) is 3.11. The smallest absolute Gasteiger partial charge is 0.312 e. The summed E-state index contributed by atoms with van der Waals surface area (Å²) in [4.78, 5) is 11.8. The first-order valence-electron chi connectivity index (χ1n) is 6.00. The summed E-state index contributed by atoms with van der Waals surface area (Å²) in [6.07, 6.45) is 0.219. The van der Waals surface area contributed by atoms with Crippen molar-refractivity contribution in [2.24, 2.45) is 0 Å². The Balaban J connectivity index is 2.20. The molecule has 0 fully saturated rings. The van der Waals surface area contributed by atoms with E-state index in [0.717, 1.165) is 22.2 Å². The highest BCUT2D eigenvalue weighted by atomic mass is 16.6. The standard InChI is InChI=1S/C14H18N2O2/c1-9-5-6-10-11(7-9)15-16-12(10)8-13(17)18-14(2,3)4/h5-7H,8H2,1-4H3,(H,15,16). The molecular weight excluding hydrogens is 228 g/mol. The fourth-order valence-electron chi connectivity index (χ4n) is 1.83. The number of benzene rings is 1. The molecule has 4 heteroatoms. The van der Waals surface area contributed by atoms with Crippen molar-refractivity contribution in [1.82, 2.24) is 10.2 Å². The maximum atomic E-state index is 11.8. The molecule has 0 saturated heterocycles. The Bertz CT molecular complexity index is 579. The molecule has 0 amide bonds. The van der Waals surface area contributed by atoms with Gasteiger partial charge in [-0.1, -0.05) is 12.1 Å². The summed E-state index contributed by atoms with van der Waals surface area (Å²) in [5, 5.41) is 8.08. The average Bonchev–Trinajstić information content (AvgIpc) is 2.57. The Morgan fingerprint density at radius 3 is 2.78 bits per heavy atom. The third kappa shape index (κ3) is 2.88. The van der Waals surface area contributed by atoms with Crippen molar-refractivity contribution in [3.05, 3.63) is 29.5 Å². The van der Waals surface area contributed by atoms with Crippen LogP contribution in [0.25, 0.3) is 10.9 Å². The van der Waals surface area contributed by atoms with Crippen LogP contribution in [0, 0.1) is 6.92 Å². The number of carbonyl (C=O) groups excluding carboxylic acids is 1. The second kappa shape index (κ2) is 4.44. The molecule has 0 saturated carbocycles. The van der Waals surface area contributed by atoms with E-state index in [1.54, 1.807) is 0 Å². The summed E-state index contributed by atoms with van der Waals surface area (Å²) in [7, 11) is 0. The number of aromatic nitrogens is 2. The van der Waals surface area contributed by atoms with E-state index in [9.17, 15) is 4.79 Å². The number of nitrogens with one attached hydrogen (secondary N) is 1. The van der Waals surface area contributed by atoms with Gasteiger partial charge < -0.3 is 4.74 Å². The van der Waals surface area contributed by atoms with E-state index < -0.39 is 5.60 Å². The second-order valence-electron chi connectivity index (χ2n) is 5.49. The minimum absolute atomic E-state index is 0.219. The van der Waals surface area contributed by atoms with Crippen molar-refractivity contribution >= 4 is 16.9 Å². The number of fused-ring (bicyclic) bond motifs is 1. The predicted octanol–water partition coefficient (Wildman–Crippen LogP) is 2.76. The molecule has 2 rings (SSSR count). The van der Waals surface area contributed by atoms with E-state index in [1.165, 1.54) is 0 Å². The molecule has 0 spiro atoms. The van der Waals surface area contributed by atoms with Gasteiger partial charge in [-0.3, -0.25) is 9.89 Å². The van der Waals surface area contributed by atoms with Crippen molar-refractivity contribution < 1.29 is 9.53 Å². The summed E-state index contributed by atoms with van der Waals surface area (Å²) in [5.41, 5.74) is 2.38. The van der Waals surface area contributed by atoms with Crippen LogP contribution >= 0.6 is 0 Å². The van der Waals surface area contributed by atoms with Crippen molar-refractivity contribution in [1.29, 1.82) is 0 Å². The molecule has 1 N–H and O–H groups in total. The summed E-state index contributed by atoms with van der Waals surface area (Å²) in [6.45, 7) is 7.60. The molecule has 1 heterocycles. The minimum atomic E-state index is -0.455. The van der Waals surface area contributed by atoms with E-state index in [-0.39, 0.29) is 12.4 Å². The van der Waals surface area contributed by atoms with Crippen LogP contribution in [0.15, 0.2) is 18.2 Å². The first-order valence-corrected chi connectivity index (χ1v) is 6.00. The summed E-state index contributed by atoms with van der Waals surface area (Å²) >= 11 is 0. The molecule has 0 aliphatic heterocycles. The number of hydrogen-bond acceptors (Lipinski definition) is 3. The molecule has 0 radical (unpaired) electrons. The quantitative estimate of drug-likeness (QED) is 0.829. The van der Waals surface area contributed by atoms with Gasteiger partial charge in [0.05, 0.1) is 17.6 Å². The van der Waals surface area contributed by atoms with Crippen LogP contribution in [0.5, 0.6) is 0 Å². The monoisotopic (exact) mass is 246 g/mol. The Morgan fingerprint density at radius 1 is 1.39 bits per heavy atom. The van der Waals surface area contributed by atoms with Gasteiger partial charge in [0.25, 0.3) is 0 Å². The molecule has 4 nitrogen and oxygen atoms in total. The van der Waals surface area contributed by atoms with E-state index in [4.69, 9.17) is 4.74 Å². The highest BCUT2D eigenvalue weighted by Crippen LogP contribution is 2.18. The SMILES string of the molecule is Cc1ccc2c(CC(=O)OC(C)(C)C)[nH]nc2c1. The number of H-pyrrole nitrogens is 1. The van der Waals surface area contributed by atoms with Crippen LogP contribution in [0.2, 0.25) is 0 Å². The summed E-state index contributed by atoms with van der Waals surface area (Å²) < 4.78 is 5.30. The van der Waals surface area contributed by atoms with Crippen molar-refractivity contribution in [2.75, 3.05) is 0 Å². The highest BCUT2D eigenvalue weighted by molar-refractivity contribution is 5.86. The summed E-state index contributed by atoms with van der Waals surface area (Å²) in [6, 6.07) is 5.98. The molecule has 0 atom stereocenters. The lowest BCUT2D eigenvalue weighted by Gasteiger charge is -2.19. The van der Waals surface area contributed by atoms with Gasteiger partial charge >= 0.3 is 5.97 Å². The van der Waals surface area contributed by atoms with Crippen LogP contribution < -0.4 is 0 Å². The molecule has 0 unspecified atom stereocenters. The van der Waals surface area contributed by atoms with Crippen LogP contribution in [-0.4, -0.2) is 21.8 Å². The first kappa shape index (κ1) is 12.6. The van der Waals surface area contributed by atoms with Crippen LogP contribution in [-0.2, 0) is 16.0 Å². The van der Waals surface area contributed by atoms with E-state index >= 15 is 0 Å². The number of hydrogen-bond donors (Lipinski definition) is 1. The third-order valence-corrected chi connectivity index (χ3v) is 2.53. The Morgan fingerprint density at radius 2 is 2.11 bits per heavy atom. The lowest BCUT2D eigenvalue weighted by atomic mass is 10.1. The predicted molar refractivity (Wildman–Crippen MR) is 70.4 cm³/mol. The first-order chi connectivity index (χ1) is 8.35. The second-order valence-corrected chi connectivity index (χ2v) is 5.49. The van der Waals surface area contributed by atoms with Gasteiger partial charge in [-0.05, 0) is 39.3 Å². The topological polar surface area (TPSA) is 55.0 Å². The fraction of sp³-hybridized carbons (Fsp3) is 0.429. The van der Waals surface area contributed by atoms with Gasteiger partial charge in [0.1, 0.15) is 5.60 Å². The molecule has 0 aliphatic carbocycles. The van der Waals surface area contributed by atoms with Crippen molar-refractivity contribution in [3.8, 4) is 0 Å². The Hall–Kier alpha value is -1.84. The van der Waals surface area contributed by atoms with Crippen molar-refractivity contribution in [2.45, 2.75) is 39.7 Å². The molecule has 18 heavy (non-hydrogen) atoms. The van der Waals surface area contributed by atoms with Crippen LogP contribution in [0.3, 0.4) is 0 Å². The van der Waals surface area contributed by atoms with Gasteiger partial charge in [-0.15, -0.1) is 0 Å². The zero-order chi connectivity index (χ0) is 13.3.